The quantitative estimate of drug-likeness (QED) is 0.694. The van der Waals surface area contributed by atoms with Gasteiger partial charge in [-0.05, 0) is 36.2 Å². The van der Waals surface area contributed by atoms with Crippen LogP contribution in [0.15, 0.2) is 30.3 Å². The molecule has 0 radical (unpaired) electrons. The standard InChI is InChI=1S/C20H22ClFN2O4/c1-11(2)10-28-19-15(21)7-13(8-18(19)27-4)20(26)24-14-5-6-16(22)17(9-14)23-12(3)25/h5-9,11H,10H2,1-4H3,(H,23,25)(H,24,26). The summed E-state index contributed by atoms with van der Waals surface area (Å²) in [5.74, 6) is -0.517. The second-order valence-electron chi connectivity index (χ2n) is 6.52. The van der Waals surface area contributed by atoms with Gasteiger partial charge in [0.05, 0.1) is 24.4 Å². The highest BCUT2D eigenvalue weighted by molar-refractivity contribution is 6.32. The summed E-state index contributed by atoms with van der Waals surface area (Å²) >= 11 is 6.27. The summed E-state index contributed by atoms with van der Waals surface area (Å²) in [7, 11) is 1.45. The summed E-state index contributed by atoms with van der Waals surface area (Å²) in [4.78, 5) is 23.7. The van der Waals surface area contributed by atoms with Crippen LogP contribution in [0.5, 0.6) is 11.5 Å². The van der Waals surface area contributed by atoms with Crippen molar-refractivity contribution in [2.75, 3.05) is 24.4 Å². The van der Waals surface area contributed by atoms with Crippen LogP contribution in [0.25, 0.3) is 0 Å². The molecule has 2 aromatic carbocycles. The van der Waals surface area contributed by atoms with Gasteiger partial charge in [0.25, 0.3) is 5.91 Å². The Labute approximate surface area is 168 Å². The smallest absolute Gasteiger partial charge is 0.255 e. The minimum absolute atomic E-state index is 0.0293. The number of ether oxygens (including phenoxy) is 2. The Bertz CT molecular complexity index is 887. The van der Waals surface area contributed by atoms with Gasteiger partial charge in [-0.1, -0.05) is 25.4 Å². The Morgan fingerprint density at radius 2 is 1.89 bits per heavy atom. The van der Waals surface area contributed by atoms with Gasteiger partial charge in [-0.25, -0.2) is 4.39 Å². The van der Waals surface area contributed by atoms with E-state index in [1.54, 1.807) is 0 Å². The van der Waals surface area contributed by atoms with E-state index >= 15 is 0 Å². The number of carbonyl (C=O) groups excluding carboxylic acids is 2. The monoisotopic (exact) mass is 408 g/mol. The normalized spacial score (nSPS) is 10.5. The first-order valence-corrected chi connectivity index (χ1v) is 8.98. The van der Waals surface area contributed by atoms with Crippen LogP contribution >= 0.6 is 11.6 Å². The second-order valence-corrected chi connectivity index (χ2v) is 6.93. The predicted octanol–water partition coefficient (Wildman–Crippen LogP) is 4.73. The molecule has 0 bridgehead atoms. The van der Waals surface area contributed by atoms with Gasteiger partial charge in [-0.2, -0.15) is 0 Å². The van der Waals surface area contributed by atoms with Crippen molar-refractivity contribution in [1.29, 1.82) is 0 Å². The Hall–Kier alpha value is -2.80. The maximum Gasteiger partial charge on any atom is 0.255 e. The van der Waals surface area contributed by atoms with Crippen LogP contribution in [-0.2, 0) is 4.79 Å². The Balaban J connectivity index is 2.25. The van der Waals surface area contributed by atoms with Crippen molar-refractivity contribution in [2.45, 2.75) is 20.8 Å². The van der Waals surface area contributed by atoms with E-state index in [1.165, 1.54) is 38.3 Å². The van der Waals surface area contributed by atoms with Crippen molar-refractivity contribution < 1.29 is 23.5 Å². The fourth-order valence-electron chi connectivity index (χ4n) is 2.33. The lowest BCUT2D eigenvalue weighted by molar-refractivity contribution is -0.114. The van der Waals surface area contributed by atoms with E-state index in [-0.39, 0.29) is 16.3 Å². The molecule has 0 fully saturated rings. The van der Waals surface area contributed by atoms with Crippen LogP contribution in [0.3, 0.4) is 0 Å². The number of benzene rings is 2. The van der Waals surface area contributed by atoms with Gasteiger partial charge >= 0.3 is 0 Å². The highest BCUT2D eigenvalue weighted by Gasteiger charge is 2.17. The molecule has 0 aromatic heterocycles. The summed E-state index contributed by atoms with van der Waals surface area (Å²) in [5, 5.41) is 5.24. The van der Waals surface area contributed by atoms with E-state index in [0.29, 0.717) is 29.7 Å². The first-order valence-electron chi connectivity index (χ1n) is 8.60. The molecule has 2 amide bonds. The molecule has 28 heavy (non-hydrogen) atoms. The molecule has 6 nitrogen and oxygen atoms in total. The van der Waals surface area contributed by atoms with Gasteiger partial charge in [0, 0.05) is 18.2 Å². The zero-order chi connectivity index (χ0) is 20.8. The molecule has 0 aliphatic rings. The average molecular weight is 409 g/mol. The van der Waals surface area contributed by atoms with E-state index in [4.69, 9.17) is 21.1 Å². The number of hydrogen-bond donors (Lipinski definition) is 2. The topological polar surface area (TPSA) is 76.7 Å². The van der Waals surface area contributed by atoms with Crippen LogP contribution in [0.1, 0.15) is 31.1 Å². The maximum atomic E-state index is 13.7. The molecule has 2 N–H and O–H groups in total. The van der Waals surface area contributed by atoms with Crippen LogP contribution < -0.4 is 20.1 Å². The Morgan fingerprint density at radius 1 is 1.18 bits per heavy atom. The highest BCUT2D eigenvalue weighted by atomic mass is 35.5. The number of anilines is 2. The number of hydrogen-bond acceptors (Lipinski definition) is 4. The third-order valence-corrected chi connectivity index (χ3v) is 3.87. The van der Waals surface area contributed by atoms with Crippen molar-refractivity contribution in [3.8, 4) is 11.5 Å². The third kappa shape index (κ3) is 5.60. The minimum atomic E-state index is -0.607. The number of amides is 2. The molecule has 2 rings (SSSR count). The highest BCUT2D eigenvalue weighted by Crippen LogP contribution is 2.37. The number of carbonyl (C=O) groups is 2. The summed E-state index contributed by atoms with van der Waals surface area (Å²) in [6, 6.07) is 6.84. The molecule has 0 spiro atoms. The number of halogens is 2. The lowest BCUT2D eigenvalue weighted by Crippen LogP contribution is -2.14. The Kier molecular flexibility index (Phi) is 7.23. The molecular weight excluding hydrogens is 387 g/mol. The van der Waals surface area contributed by atoms with Crippen molar-refractivity contribution in [2.24, 2.45) is 5.92 Å². The molecule has 0 unspecified atom stereocenters. The van der Waals surface area contributed by atoms with E-state index in [9.17, 15) is 14.0 Å². The van der Waals surface area contributed by atoms with E-state index < -0.39 is 17.6 Å². The summed E-state index contributed by atoms with van der Waals surface area (Å²) in [5.41, 5.74) is 0.521. The largest absolute Gasteiger partial charge is 0.493 e. The van der Waals surface area contributed by atoms with Gasteiger partial charge in [0.15, 0.2) is 11.5 Å². The molecule has 0 aliphatic carbocycles. The van der Waals surface area contributed by atoms with E-state index in [1.807, 2.05) is 13.8 Å². The lowest BCUT2D eigenvalue weighted by atomic mass is 10.1. The van der Waals surface area contributed by atoms with Crippen LogP contribution in [0.2, 0.25) is 5.02 Å². The van der Waals surface area contributed by atoms with Gasteiger partial charge in [0.1, 0.15) is 5.82 Å². The molecule has 0 heterocycles. The van der Waals surface area contributed by atoms with Gasteiger partial charge in [-0.3, -0.25) is 9.59 Å². The van der Waals surface area contributed by atoms with Gasteiger partial charge in [0.2, 0.25) is 5.91 Å². The molecule has 0 saturated carbocycles. The molecular formula is C20H22ClFN2O4. The lowest BCUT2D eigenvalue weighted by Gasteiger charge is -2.15. The SMILES string of the molecule is COc1cc(C(=O)Nc2ccc(F)c(NC(C)=O)c2)cc(Cl)c1OCC(C)C. The van der Waals surface area contributed by atoms with E-state index in [0.717, 1.165) is 6.07 Å². The second kappa shape index (κ2) is 9.41. The van der Waals surface area contributed by atoms with Crippen molar-refractivity contribution in [3.05, 3.63) is 46.7 Å². The van der Waals surface area contributed by atoms with Gasteiger partial charge < -0.3 is 20.1 Å². The summed E-state index contributed by atoms with van der Waals surface area (Å²) < 4.78 is 24.7. The van der Waals surface area contributed by atoms with Crippen LogP contribution in [0, 0.1) is 11.7 Å². The first kappa shape index (κ1) is 21.5. The Morgan fingerprint density at radius 3 is 2.50 bits per heavy atom. The fourth-order valence-corrected chi connectivity index (χ4v) is 2.60. The molecule has 2 aromatic rings. The zero-order valence-electron chi connectivity index (χ0n) is 16.1. The van der Waals surface area contributed by atoms with Gasteiger partial charge in [-0.15, -0.1) is 0 Å². The number of methoxy groups -OCH3 is 1. The van der Waals surface area contributed by atoms with Crippen molar-refractivity contribution in [1.82, 2.24) is 0 Å². The minimum Gasteiger partial charge on any atom is -0.493 e. The van der Waals surface area contributed by atoms with Crippen LogP contribution in [-0.4, -0.2) is 25.5 Å². The molecule has 150 valence electrons. The number of rotatable bonds is 7. The molecule has 0 aliphatic heterocycles. The molecule has 0 saturated heterocycles. The van der Waals surface area contributed by atoms with E-state index in [2.05, 4.69) is 10.6 Å². The van der Waals surface area contributed by atoms with Crippen molar-refractivity contribution >= 4 is 34.8 Å². The maximum absolute atomic E-state index is 13.7. The molecule has 8 heteroatoms. The molecule has 0 atom stereocenters. The van der Waals surface area contributed by atoms with Crippen molar-refractivity contribution in [3.63, 3.8) is 0 Å². The first-order chi connectivity index (χ1) is 13.2. The summed E-state index contributed by atoms with van der Waals surface area (Å²) in [6.07, 6.45) is 0. The zero-order valence-corrected chi connectivity index (χ0v) is 16.8. The fraction of sp³-hybridized carbons (Fsp3) is 0.300. The third-order valence-electron chi connectivity index (χ3n) is 3.59. The van der Waals surface area contributed by atoms with Crippen LogP contribution in [0.4, 0.5) is 15.8 Å². The predicted molar refractivity (Wildman–Crippen MR) is 107 cm³/mol. The summed E-state index contributed by atoms with van der Waals surface area (Å²) in [6.45, 7) is 5.71. The average Bonchev–Trinajstić information content (AvgIpc) is 2.62. The number of nitrogens with one attached hydrogen (secondary N) is 2.